The number of fused-ring (bicyclic) bond motifs is 1. The highest BCUT2D eigenvalue weighted by atomic mass is 32.2. The predicted octanol–water partition coefficient (Wildman–Crippen LogP) is 6.35. The van der Waals surface area contributed by atoms with Crippen LogP contribution in [-0.2, 0) is 11.0 Å². The van der Waals surface area contributed by atoms with E-state index in [0.29, 0.717) is 29.1 Å². The van der Waals surface area contributed by atoms with E-state index in [1.54, 1.807) is 12.3 Å². The molecule has 0 aliphatic rings. The number of hydrogen-bond donors (Lipinski definition) is 2. The summed E-state index contributed by atoms with van der Waals surface area (Å²) >= 11 is 0. The maximum Gasteiger partial charge on any atom is 0.201 e. The minimum absolute atomic E-state index is 0.104. The molecule has 4 aromatic rings. The Balaban J connectivity index is 1.73. The Morgan fingerprint density at radius 3 is 2.53 bits per heavy atom. The molecule has 0 saturated heterocycles. The van der Waals surface area contributed by atoms with Crippen molar-refractivity contribution in [1.29, 1.82) is 0 Å². The lowest BCUT2D eigenvalue weighted by molar-refractivity contribution is 0.103. The second-order valence-electron chi connectivity index (χ2n) is 8.36. The molecule has 2 heterocycles. The largest absolute Gasteiger partial charge is 0.345 e. The van der Waals surface area contributed by atoms with Gasteiger partial charge in [0.05, 0.1) is 11.3 Å². The monoisotopic (exact) mass is 481 g/mol. The van der Waals surface area contributed by atoms with Gasteiger partial charge in [0.25, 0.3) is 0 Å². The Kier molecular flexibility index (Phi) is 6.88. The summed E-state index contributed by atoms with van der Waals surface area (Å²) in [5.74, 6) is -2.18. The lowest BCUT2D eigenvalue weighted by Gasteiger charge is -2.11. The first-order chi connectivity index (χ1) is 16.3. The van der Waals surface area contributed by atoms with Crippen molar-refractivity contribution in [2.45, 2.75) is 33.1 Å². The molecule has 0 radical (unpaired) electrons. The molecule has 1 atom stereocenters. The summed E-state index contributed by atoms with van der Waals surface area (Å²) in [4.78, 5) is 20.6. The highest BCUT2D eigenvalue weighted by Crippen LogP contribution is 2.30. The van der Waals surface area contributed by atoms with Crippen LogP contribution in [0.5, 0.6) is 0 Å². The van der Waals surface area contributed by atoms with Crippen LogP contribution in [0.2, 0.25) is 0 Å². The standard InChI is InChI=1S/C26H25F2N3O2S/c1-4-11-34(33)31-22-10-9-21(27)23(24(22)28)25(32)20-14-30-26-19(20)12-18(13-29-26)17-7-5-16(6-8-17)15(2)3/h5-10,12-15,31H,4,11H2,1-3H3,(H,29,30). The van der Waals surface area contributed by atoms with E-state index >= 15 is 4.39 Å². The van der Waals surface area contributed by atoms with Crippen molar-refractivity contribution in [1.82, 2.24) is 9.97 Å². The van der Waals surface area contributed by atoms with Crippen LogP contribution >= 0.6 is 0 Å². The Labute approximate surface area is 199 Å². The van der Waals surface area contributed by atoms with E-state index in [1.807, 2.05) is 31.2 Å². The fourth-order valence-electron chi connectivity index (χ4n) is 3.74. The van der Waals surface area contributed by atoms with Crippen molar-refractivity contribution in [2.24, 2.45) is 0 Å². The molecule has 34 heavy (non-hydrogen) atoms. The number of aromatic amines is 1. The van der Waals surface area contributed by atoms with Crippen LogP contribution in [0.15, 0.2) is 54.9 Å². The molecule has 5 nitrogen and oxygen atoms in total. The summed E-state index contributed by atoms with van der Waals surface area (Å²) in [6.07, 6.45) is 3.71. The third-order valence-electron chi connectivity index (χ3n) is 5.62. The van der Waals surface area contributed by atoms with Gasteiger partial charge in [0.15, 0.2) is 5.82 Å². The Morgan fingerprint density at radius 2 is 1.85 bits per heavy atom. The number of anilines is 1. The molecule has 0 bridgehead atoms. The van der Waals surface area contributed by atoms with Crippen molar-refractivity contribution in [3.63, 3.8) is 0 Å². The number of pyridine rings is 1. The first-order valence-corrected chi connectivity index (χ1v) is 12.4. The number of halogens is 2. The summed E-state index contributed by atoms with van der Waals surface area (Å²) in [7, 11) is -1.54. The van der Waals surface area contributed by atoms with Crippen molar-refractivity contribution in [2.75, 3.05) is 10.5 Å². The topological polar surface area (TPSA) is 74.8 Å². The molecule has 0 aliphatic heterocycles. The summed E-state index contributed by atoms with van der Waals surface area (Å²) in [6, 6.07) is 12.0. The molecule has 2 aromatic carbocycles. The Morgan fingerprint density at radius 1 is 1.12 bits per heavy atom. The first-order valence-electron chi connectivity index (χ1n) is 11.0. The number of nitrogens with one attached hydrogen (secondary N) is 2. The van der Waals surface area contributed by atoms with Crippen molar-refractivity contribution in [3.8, 4) is 11.1 Å². The highest BCUT2D eigenvalue weighted by molar-refractivity contribution is 7.86. The van der Waals surface area contributed by atoms with Crippen LogP contribution in [0.4, 0.5) is 14.5 Å². The minimum atomic E-state index is -1.54. The summed E-state index contributed by atoms with van der Waals surface area (Å²) in [6.45, 7) is 6.07. The predicted molar refractivity (Wildman–Crippen MR) is 132 cm³/mol. The van der Waals surface area contributed by atoms with E-state index in [-0.39, 0.29) is 11.3 Å². The molecule has 0 saturated carbocycles. The summed E-state index contributed by atoms with van der Waals surface area (Å²) in [5.41, 5.74) is 2.56. The van der Waals surface area contributed by atoms with Gasteiger partial charge in [0, 0.05) is 34.7 Å². The van der Waals surface area contributed by atoms with Crippen molar-refractivity contribution < 1.29 is 17.8 Å². The van der Waals surface area contributed by atoms with E-state index in [0.717, 1.165) is 23.3 Å². The SMILES string of the molecule is CCCS(=O)Nc1ccc(F)c(C(=O)c2c[nH]c3ncc(-c4ccc(C(C)C)cc4)cc23)c1F. The fraction of sp³-hybridized carbons (Fsp3) is 0.231. The summed E-state index contributed by atoms with van der Waals surface area (Å²) < 4.78 is 44.3. The zero-order valence-corrected chi connectivity index (χ0v) is 19.9. The lowest BCUT2D eigenvalue weighted by Crippen LogP contribution is -2.13. The number of aromatic nitrogens is 2. The number of nitrogens with zero attached hydrogens (tertiary/aromatic N) is 1. The second kappa shape index (κ2) is 9.85. The van der Waals surface area contributed by atoms with Crippen LogP contribution in [0.3, 0.4) is 0 Å². The molecule has 0 aliphatic carbocycles. The van der Waals surface area contributed by atoms with Crippen LogP contribution in [0, 0.1) is 11.6 Å². The smallest absolute Gasteiger partial charge is 0.201 e. The quantitative estimate of drug-likeness (QED) is 0.288. The highest BCUT2D eigenvalue weighted by Gasteiger charge is 2.25. The van der Waals surface area contributed by atoms with E-state index in [1.165, 1.54) is 11.8 Å². The van der Waals surface area contributed by atoms with Gasteiger partial charge in [-0.15, -0.1) is 0 Å². The van der Waals surface area contributed by atoms with Gasteiger partial charge in [-0.2, -0.15) is 0 Å². The molecule has 2 N–H and O–H groups in total. The zero-order valence-electron chi connectivity index (χ0n) is 19.1. The number of carbonyl (C=O) groups is 1. The van der Waals surface area contributed by atoms with Gasteiger partial charge in [0.1, 0.15) is 22.5 Å². The molecular weight excluding hydrogens is 456 g/mol. The van der Waals surface area contributed by atoms with Gasteiger partial charge in [-0.3, -0.25) is 4.79 Å². The number of benzene rings is 2. The molecule has 8 heteroatoms. The molecular formula is C26H25F2N3O2S. The second-order valence-corrected chi connectivity index (χ2v) is 9.67. The van der Waals surface area contributed by atoms with Crippen LogP contribution in [0.1, 0.15) is 54.6 Å². The van der Waals surface area contributed by atoms with E-state index in [9.17, 15) is 13.4 Å². The van der Waals surface area contributed by atoms with Crippen molar-refractivity contribution in [3.05, 3.63) is 83.2 Å². The molecule has 0 spiro atoms. The zero-order chi connectivity index (χ0) is 24.4. The summed E-state index contributed by atoms with van der Waals surface area (Å²) in [5, 5.41) is 0.460. The normalized spacial score (nSPS) is 12.3. The Hall–Kier alpha value is -3.39. The van der Waals surface area contributed by atoms with Crippen molar-refractivity contribution >= 4 is 33.5 Å². The number of rotatable bonds is 8. The number of ketones is 1. The van der Waals surface area contributed by atoms with Crippen LogP contribution in [-0.4, -0.2) is 25.7 Å². The van der Waals surface area contributed by atoms with Gasteiger partial charge in [0.2, 0.25) is 5.78 Å². The number of hydrogen-bond acceptors (Lipinski definition) is 3. The third-order valence-corrected chi connectivity index (χ3v) is 6.84. The Bertz CT molecular complexity index is 1380. The molecule has 0 amide bonds. The van der Waals surface area contributed by atoms with Gasteiger partial charge in [-0.1, -0.05) is 45.0 Å². The molecule has 176 valence electrons. The number of carbonyl (C=O) groups excluding carboxylic acids is 1. The lowest BCUT2D eigenvalue weighted by atomic mass is 9.98. The maximum absolute atomic E-state index is 15.1. The molecule has 2 aromatic heterocycles. The van der Waals surface area contributed by atoms with Crippen LogP contribution in [0.25, 0.3) is 22.2 Å². The fourth-order valence-corrected chi connectivity index (χ4v) is 4.62. The average Bonchev–Trinajstić information content (AvgIpc) is 3.24. The van der Waals surface area contributed by atoms with E-state index in [2.05, 4.69) is 28.5 Å². The molecule has 0 fully saturated rings. The van der Waals surface area contributed by atoms with Gasteiger partial charge in [-0.05, 0) is 41.7 Å². The van der Waals surface area contributed by atoms with Gasteiger partial charge in [-0.25, -0.2) is 18.0 Å². The maximum atomic E-state index is 15.1. The molecule has 4 rings (SSSR count). The van der Waals surface area contributed by atoms with Gasteiger partial charge < -0.3 is 9.71 Å². The number of H-pyrrole nitrogens is 1. The third kappa shape index (κ3) is 4.63. The van der Waals surface area contributed by atoms with E-state index < -0.39 is 34.0 Å². The minimum Gasteiger partial charge on any atom is -0.345 e. The van der Waals surface area contributed by atoms with Gasteiger partial charge >= 0.3 is 0 Å². The first kappa shape index (κ1) is 23.8. The molecule has 1 unspecified atom stereocenters. The average molecular weight is 482 g/mol. The van der Waals surface area contributed by atoms with Crippen LogP contribution < -0.4 is 4.72 Å². The van der Waals surface area contributed by atoms with E-state index in [4.69, 9.17) is 0 Å².